The summed E-state index contributed by atoms with van der Waals surface area (Å²) in [5.41, 5.74) is 6.26. The lowest BCUT2D eigenvalue weighted by atomic mass is 10.3. The Labute approximate surface area is 108 Å². The molecule has 1 heterocycles. The second kappa shape index (κ2) is 4.56. The number of rotatable bonds is 3. The van der Waals surface area contributed by atoms with Gasteiger partial charge in [-0.1, -0.05) is 17.7 Å². The average Bonchev–Trinajstić information content (AvgIpc) is 2.68. The van der Waals surface area contributed by atoms with E-state index in [9.17, 15) is 8.42 Å². The molecule has 2 aromatic rings. The number of nitrogens with two attached hydrogens (primary N) is 1. The molecule has 3 N–H and O–H groups in total. The minimum absolute atomic E-state index is 0.0899. The number of sulfonamides is 1. The first-order chi connectivity index (χ1) is 8.00. The van der Waals surface area contributed by atoms with Crippen LogP contribution in [0.1, 0.15) is 0 Å². The van der Waals surface area contributed by atoms with Crippen LogP contribution >= 0.6 is 22.9 Å². The Balaban J connectivity index is 2.45. The van der Waals surface area contributed by atoms with Gasteiger partial charge < -0.3 is 5.73 Å². The monoisotopic (exact) mass is 288 g/mol. The van der Waals surface area contributed by atoms with Gasteiger partial charge in [-0.15, -0.1) is 0 Å². The maximum Gasteiger partial charge on any atom is 0.265 e. The van der Waals surface area contributed by atoms with Gasteiger partial charge in [-0.3, -0.25) is 4.72 Å². The van der Waals surface area contributed by atoms with Crippen molar-refractivity contribution in [2.75, 3.05) is 10.5 Å². The molecule has 0 atom stereocenters. The second-order valence-corrected chi connectivity index (χ2v) is 6.08. The van der Waals surface area contributed by atoms with E-state index in [2.05, 4.69) is 4.72 Å². The van der Waals surface area contributed by atoms with Crippen LogP contribution in [-0.4, -0.2) is 8.42 Å². The molecule has 0 fully saturated rings. The first-order valence-corrected chi connectivity index (χ1v) is 7.40. The summed E-state index contributed by atoms with van der Waals surface area (Å²) in [6.45, 7) is 0. The van der Waals surface area contributed by atoms with E-state index in [0.717, 1.165) is 0 Å². The van der Waals surface area contributed by atoms with E-state index in [-0.39, 0.29) is 15.6 Å². The first-order valence-electron chi connectivity index (χ1n) is 4.60. The minimum atomic E-state index is -3.74. The van der Waals surface area contributed by atoms with Gasteiger partial charge in [-0.25, -0.2) is 8.42 Å². The van der Waals surface area contributed by atoms with Gasteiger partial charge in [0.05, 0.1) is 16.4 Å². The smallest absolute Gasteiger partial charge is 0.265 e. The largest absolute Gasteiger partial charge is 0.398 e. The highest BCUT2D eigenvalue weighted by Gasteiger charge is 2.21. The van der Waals surface area contributed by atoms with Gasteiger partial charge in [0.1, 0.15) is 4.90 Å². The van der Waals surface area contributed by atoms with Crippen molar-refractivity contribution in [2.45, 2.75) is 4.90 Å². The van der Waals surface area contributed by atoms with E-state index in [4.69, 9.17) is 17.3 Å². The summed E-state index contributed by atoms with van der Waals surface area (Å²) in [6.07, 6.45) is 0. The van der Waals surface area contributed by atoms with E-state index in [1.54, 1.807) is 22.9 Å². The zero-order valence-electron chi connectivity index (χ0n) is 8.55. The molecule has 0 bridgehead atoms. The summed E-state index contributed by atoms with van der Waals surface area (Å²) in [6, 6.07) is 6.24. The highest BCUT2D eigenvalue weighted by atomic mass is 35.5. The van der Waals surface area contributed by atoms with Crippen molar-refractivity contribution in [1.82, 2.24) is 0 Å². The maximum atomic E-state index is 12.1. The summed E-state index contributed by atoms with van der Waals surface area (Å²) < 4.78 is 26.6. The van der Waals surface area contributed by atoms with Crippen molar-refractivity contribution >= 4 is 44.3 Å². The molecular weight excluding hydrogens is 280 g/mol. The zero-order chi connectivity index (χ0) is 12.5. The molecule has 0 amide bonds. The van der Waals surface area contributed by atoms with Crippen LogP contribution in [0.4, 0.5) is 11.4 Å². The molecule has 4 nitrogen and oxygen atoms in total. The van der Waals surface area contributed by atoms with Gasteiger partial charge in [0.25, 0.3) is 10.0 Å². The summed E-state index contributed by atoms with van der Waals surface area (Å²) in [4.78, 5) is -0.0899. The van der Waals surface area contributed by atoms with E-state index in [1.165, 1.54) is 23.5 Å². The van der Waals surface area contributed by atoms with E-state index < -0.39 is 10.0 Å². The fourth-order valence-corrected chi connectivity index (χ4v) is 3.73. The number of halogens is 1. The maximum absolute atomic E-state index is 12.1. The average molecular weight is 289 g/mol. The van der Waals surface area contributed by atoms with Crippen molar-refractivity contribution in [2.24, 2.45) is 0 Å². The lowest BCUT2D eigenvalue weighted by Gasteiger charge is -2.10. The molecule has 0 aliphatic carbocycles. The van der Waals surface area contributed by atoms with Gasteiger partial charge in [0.2, 0.25) is 0 Å². The Morgan fingerprint density at radius 2 is 2.06 bits per heavy atom. The number of anilines is 2. The quantitative estimate of drug-likeness (QED) is 0.853. The topological polar surface area (TPSA) is 72.2 Å². The highest BCUT2D eigenvalue weighted by molar-refractivity contribution is 7.93. The number of nitrogen functional groups attached to an aromatic ring is 1. The van der Waals surface area contributed by atoms with Crippen LogP contribution < -0.4 is 10.5 Å². The Kier molecular flexibility index (Phi) is 3.28. The van der Waals surface area contributed by atoms with Crippen LogP contribution in [0.25, 0.3) is 0 Å². The third-order valence-electron chi connectivity index (χ3n) is 2.04. The van der Waals surface area contributed by atoms with Crippen molar-refractivity contribution in [3.05, 3.63) is 40.0 Å². The van der Waals surface area contributed by atoms with Gasteiger partial charge in [0.15, 0.2) is 0 Å². The highest BCUT2D eigenvalue weighted by Crippen LogP contribution is 2.29. The van der Waals surface area contributed by atoms with Gasteiger partial charge in [-0.2, -0.15) is 11.3 Å². The molecule has 1 aromatic carbocycles. The summed E-state index contributed by atoms with van der Waals surface area (Å²) in [5.74, 6) is 0. The van der Waals surface area contributed by atoms with Crippen molar-refractivity contribution in [3.63, 3.8) is 0 Å². The summed E-state index contributed by atoms with van der Waals surface area (Å²) >= 11 is 7.25. The molecule has 2 rings (SSSR count). The Bertz CT molecular complexity index is 604. The van der Waals surface area contributed by atoms with Crippen LogP contribution in [0.2, 0.25) is 5.02 Å². The molecule has 0 aliphatic rings. The fraction of sp³-hybridized carbons (Fsp3) is 0. The van der Waals surface area contributed by atoms with Crippen LogP contribution in [0.5, 0.6) is 0 Å². The van der Waals surface area contributed by atoms with E-state index >= 15 is 0 Å². The van der Waals surface area contributed by atoms with E-state index in [1.807, 2.05) is 0 Å². The fourth-order valence-electron chi connectivity index (χ4n) is 1.34. The molecule has 0 saturated carbocycles. The number of benzene rings is 1. The number of thiophene rings is 1. The summed E-state index contributed by atoms with van der Waals surface area (Å²) in [5, 5.41) is 3.56. The van der Waals surface area contributed by atoms with Crippen LogP contribution in [0.3, 0.4) is 0 Å². The SMILES string of the molecule is Nc1cccc(Cl)c1S(=O)(=O)Nc1ccsc1. The number of nitrogens with one attached hydrogen (secondary N) is 1. The summed E-state index contributed by atoms with van der Waals surface area (Å²) in [7, 11) is -3.74. The lowest BCUT2D eigenvalue weighted by Crippen LogP contribution is -2.14. The van der Waals surface area contributed by atoms with Gasteiger partial charge in [-0.05, 0) is 23.6 Å². The standard InChI is InChI=1S/C10H9ClN2O2S2/c11-8-2-1-3-9(12)10(8)17(14,15)13-7-4-5-16-6-7/h1-6,13H,12H2. The normalized spacial score (nSPS) is 11.4. The molecule has 90 valence electrons. The molecule has 0 unspecified atom stereocenters. The van der Waals surface area contributed by atoms with Crippen LogP contribution in [0.15, 0.2) is 39.9 Å². The predicted molar refractivity (Wildman–Crippen MR) is 71.0 cm³/mol. The van der Waals surface area contributed by atoms with Gasteiger partial charge >= 0.3 is 0 Å². The third-order valence-corrected chi connectivity index (χ3v) is 4.65. The Hall–Kier alpha value is -1.24. The molecule has 0 aliphatic heterocycles. The van der Waals surface area contributed by atoms with Gasteiger partial charge in [0, 0.05) is 5.38 Å². The van der Waals surface area contributed by atoms with Crippen molar-refractivity contribution in [1.29, 1.82) is 0 Å². The Morgan fingerprint density at radius 3 is 2.65 bits per heavy atom. The first kappa shape index (κ1) is 12.2. The third kappa shape index (κ3) is 2.54. The van der Waals surface area contributed by atoms with Crippen molar-refractivity contribution in [3.8, 4) is 0 Å². The van der Waals surface area contributed by atoms with Crippen LogP contribution in [-0.2, 0) is 10.0 Å². The van der Waals surface area contributed by atoms with Crippen molar-refractivity contribution < 1.29 is 8.42 Å². The molecule has 0 radical (unpaired) electrons. The molecule has 0 saturated heterocycles. The predicted octanol–water partition coefficient (Wildman–Crippen LogP) is 2.78. The molecule has 1 aromatic heterocycles. The lowest BCUT2D eigenvalue weighted by molar-refractivity contribution is 0.601. The molecular formula is C10H9ClN2O2S2. The number of hydrogen-bond acceptors (Lipinski definition) is 4. The Morgan fingerprint density at radius 1 is 1.29 bits per heavy atom. The molecule has 17 heavy (non-hydrogen) atoms. The molecule has 7 heteroatoms. The van der Waals surface area contributed by atoms with E-state index in [0.29, 0.717) is 5.69 Å². The molecule has 0 spiro atoms. The zero-order valence-corrected chi connectivity index (χ0v) is 10.9. The number of hydrogen-bond donors (Lipinski definition) is 2. The van der Waals surface area contributed by atoms with Crippen LogP contribution in [0, 0.1) is 0 Å². The second-order valence-electron chi connectivity index (χ2n) is 3.28. The minimum Gasteiger partial charge on any atom is -0.398 e.